The van der Waals surface area contributed by atoms with Crippen molar-refractivity contribution >= 4 is 22.5 Å². The molecule has 1 aromatic rings. The molecule has 1 rings (SSSR count). The molecule has 19 heavy (non-hydrogen) atoms. The van der Waals surface area contributed by atoms with Crippen molar-refractivity contribution in [3.63, 3.8) is 0 Å². The van der Waals surface area contributed by atoms with E-state index in [2.05, 4.69) is 10.3 Å². The van der Waals surface area contributed by atoms with Crippen molar-refractivity contribution < 1.29 is 9.00 Å². The molecule has 0 spiro atoms. The third-order valence-corrected chi connectivity index (χ3v) is 4.21. The molecule has 2 unspecified atom stereocenters. The van der Waals surface area contributed by atoms with Crippen LogP contribution in [0.3, 0.4) is 0 Å². The zero-order chi connectivity index (χ0) is 14.4. The Morgan fingerprint density at radius 2 is 2.16 bits per heavy atom. The molecule has 0 bridgehead atoms. The second-order valence-electron chi connectivity index (χ2n) is 4.66. The Balaban J connectivity index is 2.49. The van der Waals surface area contributed by atoms with E-state index in [1.807, 2.05) is 6.92 Å². The molecule has 0 saturated carbocycles. The summed E-state index contributed by atoms with van der Waals surface area (Å²) in [5.74, 6) is 0.665. The van der Waals surface area contributed by atoms with Crippen LogP contribution in [0.4, 0.5) is 5.82 Å². The van der Waals surface area contributed by atoms with Crippen molar-refractivity contribution in [1.82, 2.24) is 9.88 Å². The number of aromatic nitrogens is 1. The zero-order valence-corrected chi connectivity index (χ0v) is 12.7. The Labute approximate surface area is 116 Å². The summed E-state index contributed by atoms with van der Waals surface area (Å²) in [6.45, 7) is 2.68. The summed E-state index contributed by atoms with van der Waals surface area (Å²) in [5.41, 5.74) is 0.568. The fourth-order valence-electron chi connectivity index (χ4n) is 1.45. The summed E-state index contributed by atoms with van der Waals surface area (Å²) in [4.78, 5) is 17.4. The third-order valence-electron chi connectivity index (χ3n) is 2.84. The van der Waals surface area contributed by atoms with Crippen molar-refractivity contribution in [3.8, 4) is 0 Å². The number of anilines is 1. The summed E-state index contributed by atoms with van der Waals surface area (Å²) in [6.07, 6.45) is 4.10. The first-order valence-corrected chi connectivity index (χ1v) is 7.77. The molecule has 5 nitrogen and oxygen atoms in total. The van der Waals surface area contributed by atoms with Gasteiger partial charge in [0, 0.05) is 49.1 Å². The van der Waals surface area contributed by atoms with Crippen molar-refractivity contribution in [1.29, 1.82) is 0 Å². The fraction of sp³-hybridized carbons (Fsp3) is 0.538. The predicted molar refractivity (Wildman–Crippen MR) is 78.9 cm³/mol. The topological polar surface area (TPSA) is 62.3 Å². The zero-order valence-electron chi connectivity index (χ0n) is 11.8. The molecule has 106 valence electrons. The quantitative estimate of drug-likeness (QED) is 0.856. The van der Waals surface area contributed by atoms with E-state index in [0.29, 0.717) is 12.1 Å². The van der Waals surface area contributed by atoms with E-state index < -0.39 is 10.8 Å². The normalized spacial score (nSPS) is 13.7. The van der Waals surface area contributed by atoms with E-state index in [9.17, 15) is 9.00 Å². The smallest absolute Gasteiger partial charge is 0.254 e. The molecule has 0 aliphatic carbocycles. The molecular formula is C13H21N3O2S. The van der Waals surface area contributed by atoms with Gasteiger partial charge in [-0.2, -0.15) is 0 Å². The number of rotatable bonds is 6. The summed E-state index contributed by atoms with van der Waals surface area (Å²) in [5, 5.41) is 3.32. The summed E-state index contributed by atoms with van der Waals surface area (Å²) in [7, 11) is 2.62. The third kappa shape index (κ3) is 4.98. The van der Waals surface area contributed by atoms with Gasteiger partial charge >= 0.3 is 0 Å². The lowest BCUT2D eigenvalue weighted by Gasteiger charge is -2.11. The Kier molecular flexibility index (Phi) is 5.95. The first kappa shape index (κ1) is 15.6. The minimum atomic E-state index is -0.794. The van der Waals surface area contributed by atoms with E-state index in [0.717, 1.165) is 12.2 Å². The molecule has 0 radical (unpaired) electrons. The standard InChI is InChI=1S/C13H21N3O2S/c1-10(19(4)18)7-8-14-12-6-5-11(9-15-12)13(17)16(2)3/h5-6,9-10H,7-8H2,1-4H3,(H,14,15). The van der Waals surface area contributed by atoms with Gasteiger partial charge in [0.2, 0.25) is 0 Å². The number of carbonyl (C=O) groups is 1. The molecule has 0 aliphatic heterocycles. The summed E-state index contributed by atoms with van der Waals surface area (Å²) in [6, 6.07) is 3.53. The molecule has 2 atom stereocenters. The van der Waals surface area contributed by atoms with Crippen LogP contribution >= 0.6 is 0 Å². The maximum atomic E-state index is 11.7. The highest BCUT2D eigenvalue weighted by Crippen LogP contribution is 2.07. The van der Waals surface area contributed by atoms with Gasteiger partial charge in [-0.05, 0) is 18.6 Å². The van der Waals surface area contributed by atoms with Gasteiger partial charge in [-0.1, -0.05) is 6.92 Å². The highest BCUT2D eigenvalue weighted by atomic mass is 32.2. The fourth-order valence-corrected chi connectivity index (χ4v) is 1.90. The molecule has 0 aromatic carbocycles. The Bertz CT molecular complexity index is 446. The van der Waals surface area contributed by atoms with Crippen LogP contribution in [0.1, 0.15) is 23.7 Å². The number of pyridine rings is 1. The monoisotopic (exact) mass is 283 g/mol. The molecule has 1 amide bonds. The Morgan fingerprint density at radius 3 is 2.63 bits per heavy atom. The maximum absolute atomic E-state index is 11.7. The van der Waals surface area contributed by atoms with Crippen LogP contribution in [0, 0.1) is 0 Å². The lowest BCUT2D eigenvalue weighted by Crippen LogP contribution is -2.21. The Morgan fingerprint density at radius 1 is 1.47 bits per heavy atom. The van der Waals surface area contributed by atoms with Crippen LogP contribution in [0.25, 0.3) is 0 Å². The van der Waals surface area contributed by atoms with Gasteiger partial charge in [0.1, 0.15) is 5.82 Å². The van der Waals surface area contributed by atoms with Crippen molar-refractivity contribution in [2.75, 3.05) is 32.2 Å². The molecule has 1 heterocycles. The van der Waals surface area contributed by atoms with Crippen LogP contribution in [0.15, 0.2) is 18.3 Å². The lowest BCUT2D eigenvalue weighted by molar-refractivity contribution is 0.0827. The van der Waals surface area contributed by atoms with Gasteiger partial charge in [-0.3, -0.25) is 9.00 Å². The molecule has 0 aliphatic rings. The minimum Gasteiger partial charge on any atom is -0.370 e. The molecule has 6 heteroatoms. The highest BCUT2D eigenvalue weighted by molar-refractivity contribution is 7.84. The van der Waals surface area contributed by atoms with Crippen LogP contribution in [0.5, 0.6) is 0 Å². The van der Waals surface area contributed by atoms with Gasteiger partial charge in [-0.15, -0.1) is 0 Å². The highest BCUT2D eigenvalue weighted by Gasteiger charge is 2.08. The minimum absolute atomic E-state index is 0.0611. The average Bonchev–Trinajstić information content (AvgIpc) is 2.38. The predicted octanol–water partition coefficient (Wildman–Crippen LogP) is 1.35. The van der Waals surface area contributed by atoms with Gasteiger partial charge in [-0.25, -0.2) is 4.98 Å². The maximum Gasteiger partial charge on any atom is 0.254 e. The lowest BCUT2D eigenvalue weighted by atomic mass is 10.2. The van der Waals surface area contributed by atoms with Crippen molar-refractivity contribution in [3.05, 3.63) is 23.9 Å². The second-order valence-corrected chi connectivity index (χ2v) is 6.46. The van der Waals surface area contributed by atoms with E-state index in [1.54, 1.807) is 38.7 Å². The van der Waals surface area contributed by atoms with Gasteiger partial charge < -0.3 is 10.2 Å². The van der Waals surface area contributed by atoms with Gasteiger partial charge in [0.15, 0.2) is 0 Å². The van der Waals surface area contributed by atoms with Crippen molar-refractivity contribution in [2.45, 2.75) is 18.6 Å². The van der Waals surface area contributed by atoms with Crippen molar-refractivity contribution in [2.24, 2.45) is 0 Å². The van der Waals surface area contributed by atoms with Crippen LogP contribution < -0.4 is 5.32 Å². The second kappa shape index (κ2) is 7.23. The van der Waals surface area contributed by atoms with Crippen LogP contribution in [0.2, 0.25) is 0 Å². The number of nitrogens with one attached hydrogen (secondary N) is 1. The Hall–Kier alpha value is -1.43. The van der Waals surface area contributed by atoms with E-state index >= 15 is 0 Å². The van der Waals surface area contributed by atoms with Gasteiger partial charge in [0.25, 0.3) is 5.91 Å². The number of hydrogen-bond donors (Lipinski definition) is 1. The number of hydrogen-bond acceptors (Lipinski definition) is 4. The molecule has 0 fully saturated rings. The number of nitrogens with zero attached hydrogens (tertiary/aromatic N) is 2. The van der Waals surface area contributed by atoms with Crippen LogP contribution in [-0.2, 0) is 10.8 Å². The van der Waals surface area contributed by atoms with Gasteiger partial charge in [0.05, 0.1) is 5.56 Å². The average molecular weight is 283 g/mol. The SMILES string of the molecule is CC(CCNc1ccc(C(=O)N(C)C)cn1)S(C)=O. The van der Waals surface area contributed by atoms with E-state index in [-0.39, 0.29) is 11.2 Å². The van der Waals surface area contributed by atoms with E-state index in [4.69, 9.17) is 0 Å². The number of amides is 1. The summed E-state index contributed by atoms with van der Waals surface area (Å²) < 4.78 is 11.2. The number of carbonyl (C=O) groups excluding carboxylic acids is 1. The summed E-state index contributed by atoms with van der Waals surface area (Å²) >= 11 is 0. The molecule has 1 aromatic heterocycles. The van der Waals surface area contributed by atoms with E-state index in [1.165, 1.54) is 4.90 Å². The molecular weight excluding hydrogens is 262 g/mol. The first-order chi connectivity index (χ1) is 8.91. The largest absolute Gasteiger partial charge is 0.370 e. The molecule has 1 N–H and O–H groups in total. The first-order valence-electron chi connectivity index (χ1n) is 6.15. The van der Waals surface area contributed by atoms with Crippen LogP contribution in [-0.4, -0.2) is 52.1 Å². The molecule has 0 saturated heterocycles.